The molecule has 0 saturated carbocycles. The third-order valence-electron chi connectivity index (χ3n) is 2.77. The molecule has 0 heterocycles. The van der Waals surface area contributed by atoms with Crippen molar-refractivity contribution in [3.63, 3.8) is 0 Å². The van der Waals surface area contributed by atoms with E-state index in [1.807, 2.05) is 0 Å². The fourth-order valence-corrected chi connectivity index (χ4v) is 1.76. The first-order chi connectivity index (χ1) is 8.95. The molecule has 2 N–H and O–H groups in total. The second-order valence-electron chi connectivity index (χ2n) is 4.52. The summed E-state index contributed by atoms with van der Waals surface area (Å²) in [5.74, 6) is -0.458. The summed E-state index contributed by atoms with van der Waals surface area (Å²) < 4.78 is 0. The number of aliphatic hydroxyl groups excluding tert-OH is 1. The van der Waals surface area contributed by atoms with E-state index < -0.39 is 10.8 Å². The minimum Gasteiger partial charge on any atom is -0.396 e. The second-order valence-corrected chi connectivity index (χ2v) is 4.52. The lowest BCUT2D eigenvalue weighted by Crippen LogP contribution is -2.33. The predicted molar refractivity (Wildman–Crippen MR) is 71.1 cm³/mol. The van der Waals surface area contributed by atoms with Crippen LogP contribution in [0, 0.1) is 17.0 Å². The third-order valence-corrected chi connectivity index (χ3v) is 2.77. The molecule has 19 heavy (non-hydrogen) atoms. The lowest BCUT2D eigenvalue weighted by atomic mass is 10.1. The van der Waals surface area contributed by atoms with Gasteiger partial charge in [0.25, 0.3) is 11.6 Å². The molecular weight excluding hydrogens is 248 g/mol. The Hall–Kier alpha value is -1.95. The van der Waals surface area contributed by atoms with Crippen LogP contribution in [-0.4, -0.2) is 28.6 Å². The Bertz CT molecular complexity index is 474. The number of benzene rings is 1. The summed E-state index contributed by atoms with van der Waals surface area (Å²) in [6, 6.07) is 4.30. The van der Waals surface area contributed by atoms with Crippen molar-refractivity contribution < 1.29 is 14.8 Å². The van der Waals surface area contributed by atoms with Crippen LogP contribution in [0.5, 0.6) is 0 Å². The van der Waals surface area contributed by atoms with Gasteiger partial charge in [-0.05, 0) is 38.3 Å². The maximum Gasteiger partial charge on any atom is 0.282 e. The van der Waals surface area contributed by atoms with Gasteiger partial charge in [-0.25, -0.2) is 0 Å². The lowest BCUT2D eigenvalue weighted by molar-refractivity contribution is -0.385. The molecule has 0 saturated heterocycles. The summed E-state index contributed by atoms with van der Waals surface area (Å²) in [4.78, 5) is 22.3. The topological polar surface area (TPSA) is 92.5 Å². The van der Waals surface area contributed by atoms with Crippen molar-refractivity contribution in [2.75, 3.05) is 6.61 Å². The van der Waals surface area contributed by atoms with Crippen molar-refractivity contribution in [3.8, 4) is 0 Å². The summed E-state index contributed by atoms with van der Waals surface area (Å²) in [5, 5.41) is 22.3. The third kappa shape index (κ3) is 4.33. The number of aliphatic hydroxyl groups is 1. The lowest BCUT2D eigenvalue weighted by Gasteiger charge is -2.13. The molecule has 0 bridgehead atoms. The second kappa shape index (κ2) is 6.84. The summed E-state index contributed by atoms with van der Waals surface area (Å²) in [6.45, 7) is 3.63. The van der Waals surface area contributed by atoms with E-state index in [2.05, 4.69) is 5.32 Å². The molecular formula is C13H18N2O4. The van der Waals surface area contributed by atoms with Gasteiger partial charge >= 0.3 is 0 Å². The number of nitro groups is 1. The Balaban J connectivity index is 2.86. The molecule has 6 heteroatoms. The van der Waals surface area contributed by atoms with Gasteiger partial charge in [0.2, 0.25) is 0 Å². The van der Waals surface area contributed by atoms with Crippen LogP contribution in [0.2, 0.25) is 0 Å². The molecule has 0 aliphatic carbocycles. The molecule has 0 aliphatic rings. The zero-order valence-corrected chi connectivity index (χ0v) is 11.0. The van der Waals surface area contributed by atoms with Gasteiger partial charge in [0.15, 0.2) is 0 Å². The number of carbonyl (C=O) groups is 1. The molecule has 6 nitrogen and oxygen atoms in total. The van der Waals surface area contributed by atoms with Gasteiger partial charge in [-0.15, -0.1) is 0 Å². The average Bonchev–Trinajstić information content (AvgIpc) is 2.35. The first-order valence-corrected chi connectivity index (χ1v) is 6.12. The number of amides is 1. The highest BCUT2D eigenvalue weighted by Crippen LogP contribution is 2.19. The van der Waals surface area contributed by atoms with E-state index in [0.717, 1.165) is 5.56 Å². The van der Waals surface area contributed by atoms with Crippen LogP contribution in [0.15, 0.2) is 18.2 Å². The van der Waals surface area contributed by atoms with Crippen molar-refractivity contribution in [2.24, 2.45) is 0 Å². The van der Waals surface area contributed by atoms with Crippen molar-refractivity contribution >= 4 is 11.6 Å². The van der Waals surface area contributed by atoms with Gasteiger partial charge < -0.3 is 10.4 Å². The number of nitro benzene ring substituents is 1. The van der Waals surface area contributed by atoms with E-state index in [-0.39, 0.29) is 23.9 Å². The van der Waals surface area contributed by atoms with Crippen LogP contribution in [0.25, 0.3) is 0 Å². The Labute approximate surface area is 111 Å². The monoisotopic (exact) mass is 266 g/mol. The number of nitrogens with zero attached hydrogens (tertiary/aromatic N) is 1. The first-order valence-electron chi connectivity index (χ1n) is 6.12. The van der Waals surface area contributed by atoms with Crippen LogP contribution < -0.4 is 5.32 Å². The van der Waals surface area contributed by atoms with Crippen molar-refractivity contribution in [3.05, 3.63) is 39.4 Å². The molecule has 1 amide bonds. The molecule has 0 spiro atoms. The van der Waals surface area contributed by atoms with Gasteiger partial charge in [-0.1, -0.05) is 6.07 Å². The molecule has 0 aromatic heterocycles. The summed E-state index contributed by atoms with van der Waals surface area (Å²) >= 11 is 0. The van der Waals surface area contributed by atoms with Crippen molar-refractivity contribution in [1.82, 2.24) is 5.32 Å². The quantitative estimate of drug-likeness (QED) is 0.606. The Morgan fingerprint density at radius 3 is 2.79 bits per heavy atom. The fourth-order valence-electron chi connectivity index (χ4n) is 1.76. The smallest absolute Gasteiger partial charge is 0.282 e. The molecule has 1 rings (SSSR count). The minimum absolute atomic E-state index is 0.0603. The molecule has 0 fully saturated rings. The number of nitrogens with one attached hydrogen (secondary N) is 1. The molecule has 1 aromatic carbocycles. The summed E-state index contributed by atoms with van der Waals surface area (Å²) in [5.41, 5.74) is 0.664. The van der Waals surface area contributed by atoms with E-state index in [1.165, 1.54) is 12.1 Å². The van der Waals surface area contributed by atoms with E-state index in [0.29, 0.717) is 12.8 Å². The first kappa shape index (κ1) is 15.1. The van der Waals surface area contributed by atoms with Gasteiger partial charge in [0.1, 0.15) is 5.56 Å². The minimum atomic E-state index is -0.563. The van der Waals surface area contributed by atoms with Crippen LogP contribution in [0.3, 0.4) is 0 Å². The Kier molecular flexibility index (Phi) is 5.44. The van der Waals surface area contributed by atoms with E-state index in [1.54, 1.807) is 19.9 Å². The van der Waals surface area contributed by atoms with Crippen LogP contribution in [-0.2, 0) is 0 Å². The van der Waals surface area contributed by atoms with Crippen LogP contribution in [0.4, 0.5) is 5.69 Å². The number of hydrogen-bond donors (Lipinski definition) is 2. The number of rotatable bonds is 6. The Morgan fingerprint density at radius 2 is 2.21 bits per heavy atom. The van der Waals surface area contributed by atoms with Gasteiger partial charge in [0, 0.05) is 18.7 Å². The summed E-state index contributed by atoms with van der Waals surface area (Å²) in [6.07, 6.45) is 1.21. The van der Waals surface area contributed by atoms with Gasteiger partial charge in [-0.2, -0.15) is 0 Å². The van der Waals surface area contributed by atoms with Crippen LogP contribution in [0.1, 0.15) is 35.7 Å². The molecule has 0 radical (unpaired) electrons. The highest BCUT2D eigenvalue weighted by Gasteiger charge is 2.21. The molecule has 104 valence electrons. The average molecular weight is 266 g/mol. The van der Waals surface area contributed by atoms with Crippen molar-refractivity contribution in [1.29, 1.82) is 0 Å². The number of carbonyl (C=O) groups excluding carboxylic acids is 1. The van der Waals surface area contributed by atoms with E-state index in [9.17, 15) is 14.9 Å². The highest BCUT2D eigenvalue weighted by atomic mass is 16.6. The molecule has 1 aromatic rings. The van der Waals surface area contributed by atoms with Gasteiger partial charge in [0.05, 0.1) is 4.92 Å². The maximum atomic E-state index is 12.0. The summed E-state index contributed by atoms with van der Waals surface area (Å²) in [7, 11) is 0. The molecule has 0 aliphatic heterocycles. The number of aryl methyl sites for hydroxylation is 1. The zero-order valence-electron chi connectivity index (χ0n) is 11.0. The highest BCUT2D eigenvalue weighted by molar-refractivity contribution is 5.98. The van der Waals surface area contributed by atoms with Crippen LogP contribution >= 0.6 is 0 Å². The van der Waals surface area contributed by atoms with E-state index >= 15 is 0 Å². The fraction of sp³-hybridized carbons (Fsp3) is 0.462. The SMILES string of the molecule is Cc1ccc([N+](=O)[O-])c(C(=O)NC(C)CCCO)c1. The normalized spacial score (nSPS) is 11.9. The van der Waals surface area contributed by atoms with Gasteiger partial charge in [-0.3, -0.25) is 14.9 Å². The standard InChI is InChI=1S/C13H18N2O4/c1-9-5-6-12(15(18)19)11(8-9)13(17)14-10(2)4-3-7-16/h5-6,8,10,16H,3-4,7H2,1-2H3,(H,14,17). The maximum absolute atomic E-state index is 12.0. The predicted octanol–water partition coefficient (Wildman–Crippen LogP) is 1.79. The number of hydrogen-bond acceptors (Lipinski definition) is 4. The molecule has 1 unspecified atom stereocenters. The molecule has 1 atom stereocenters. The van der Waals surface area contributed by atoms with E-state index in [4.69, 9.17) is 5.11 Å². The largest absolute Gasteiger partial charge is 0.396 e. The van der Waals surface area contributed by atoms with Crippen molar-refractivity contribution in [2.45, 2.75) is 32.7 Å². The Morgan fingerprint density at radius 1 is 1.53 bits per heavy atom. The zero-order chi connectivity index (χ0) is 14.4.